The number of aliphatic hydroxyl groups excluding tert-OH is 1. The maximum Gasteiger partial charge on any atom is 0.294 e. The van der Waals surface area contributed by atoms with Gasteiger partial charge in [0.05, 0.1) is 6.61 Å². The lowest BCUT2D eigenvalue weighted by atomic mass is 10.3. The summed E-state index contributed by atoms with van der Waals surface area (Å²) >= 11 is 1.60. The molecule has 0 aliphatic carbocycles. The Kier molecular flexibility index (Phi) is 9.42. The molecule has 2 N–H and O–H groups in total. The minimum Gasteiger partial charge on any atom is -0.491 e. The van der Waals surface area contributed by atoms with Gasteiger partial charge in [0.25, 0.3) is 5.09 Å². The van der Waals surface area contributed by atoms with Crippen LogP contribution in [0.1, 0.15) is 20.3 Å². The zero-order valence-electron chi connectivity index (χ0n) is 13.4. The van der Waals surface area contributed by atoms with Crippen molar-refractivity contribution in [3.05, 3.63) is 34.4 Å². The van der Waals surface area contributed by atoms with Crippen LogP contribution in [0, 0.1) is 10.1 Å². The number of hydrogen-bond acceptors (Lipinski definition) is 7. The molecular formula is C15H24N2O5S. The first-order chi connectivity index (χ1) is 11.0. The lowest BCUT2D eigenvalue weighted by Gasteiger charge is -2.15. The third-order valence-electron chi connectivity index (χ3n) is 2.78. The second-order valence-corrected chi connectivity index (χ2v) is 6.43. The molecule has 7 nitrogen and oxygen atoms in total. The zero-order chi connectivity index (χ0) is 17.1. The second-order valence-electron chi connectivity index (χ2n) is 5.26. The Morgan fingerprint density at radius 2 is 2.04 bits per heavy atom. The average Bonchev–Trinajstić information content (AvgIpc) is 2.51. The predicted octanol–water partition coefficient (Wildman–Crippen LogP) is 2.11. The summed E-state index contributed by atoms with van der Waals surface area (Å²) in [6.45, 7) is 4.90. The molecule has 1 rings (SSSR count). The number of nitrogens with one attached hydrogen (secondary N) is 1. The van der Waals surface area contributed by atoms with Gasteiger partial charge in [-0.05, 0) is 36.4 Å². The molecule has 0 bridgehead atoms. The molecule has 0 heterocycles. The Labute approximate surface area is 140 Å². The number of ether oxygens (including phenoxy) is 1. The van der Waals surface area contributed by atoms with Gasteiger partial charge in [-0.15, -0.1) is 21.9 Å². The van der Waals surface area contributed by atoms with Crippen molar-refractivity contribution in [2.75, 3.05) is 25.5 Å². The van der Waals surface area contributed by atoms with Gasteiger partial charge in [0, 0.05) is 17.5 Å². The molecule has 0 saturated heterocycles. The first kappa shape index (κ1) is 19.5. The van der Waals surface area contributed by atoms with Crippen LogP contribution in [-0.2, 0) is 4.84 Å². The first-order valence-electron chi connectivity index (χ1n) is 7.51. The van der Waals surface area contributed by atoms with E-state index in [0.717, 1.165) is 10.6 Å². The van der Waals surface area contributed by atoms with E-state index >= 15 is 0 Å². The van der Waals surface area contributed by atoms with Crippen LogP contribution in [0.3, 0.4) is 0 Å². The van der Waals surface area contributed by atoms with E-state index in [1.807, 2.05) is 38.1 Å². The number of nitrogens with zero attached hydrogens (tertiary/aromatic N) is 1. The fraction of sp³-hybridized carbons (Fsp3) is 0.600. The van der Waals surface area contributed by atoms with Gasteiger partial charge < -0.3 is 20.0 Å². The Morgan fingerprint density at radius 3 is 2.65 bits per heavy atom. The van der Waals surface area contributed by atoms with Gasteiger partial charge in [0.2, 0.25) is 0 Å². The van der Waals surface area contributed by atoms with Gasteiger partial charge in [0.15, 0.2) is 0 Å². The highest BCUT2D eigenvalue weighted by molar-refractivity contribution is 7.99. The summed E-state index contributed by atoms with van der Waals surface area (Å²) in [5.41, 5.74) is 0. The fourth-order valence-corrected chi connectivity index (χ4v) is 2.47. The number of hydrogen-bond donors (Lipinski definition) is 2. The summed E-state index contributed by atoms with van der Waals surface area (Å²) < 4.78 is 5.53. The maximum atomic E-state index is 9.99. The standard InChI is InChI=1S/C15H24N2O5S/c1-12(2)16-10-13(18)11-21-14-4-6-15(7-5-14)23-9-3-8-22-17(19)20/h4-7,12-13,16,18H,3,8-11H2,1-2H3. The van der Waals surface area contributed by atoms with E-state index in [1.165, 1.54) is 0 Å². The molecule has 1 aromatic carbocycles. The minimum absolute atomic E-state index is 0.115. The Bertz CT molecular complexity index is 456. The topological polar surface area (TPSA) is 93.9 Å². The van der Waals surface area contributed by atoms with Crippen molar-refractivity contribution in [1.82, 2.24) is 5.32 Å². The monoisotopic (exact) mass is 344 g/mol. The van der Waals surface area contributed by atoms with Crippen LogP contribution in [0.4, 0.5) is 0 Å². The largest absolute Gasteiger partial charge is 0.491 e. The number of rotatable bonds is 12. The lowest BCUT2D eigenvalue weighted by Crippen LogP contribution is -2.35. The highest BCUT2D eigenvalue weighted by Gasteiger charge is 2.06. The molecule has 0 fully saturated rings. The van der Waals surface area contributed by atoms with Crippen molar-refractivity contribution in [3.8, 4) is 5.75 Å². The number of benzene rings is 1. The Hall–Kier alpha value is -1.51. The van der Waals surface area contributed by atoms with Crippen LogP contribution >= 0.6 is 11.8 Å². The summed E-state index contributed by atoms with van der Waals surface area (Å²) in [7, 11) is 0. The number of thioether (sulfide) groups is 1. The SMILES string of the molecule is CC(C)NCC(O)COc1ccc(SCCCO[N+](=O)[O-])cc1. The fourth-order valence-electron chi connectivity index (χ4n) is 1.64. The normalized spacial score (nSPS) is 12.2. The summed E-state index contributed by atoms with van der Waals surface area (Å²) in [4.78, 5) is 15.3. The van der Waals surface area contributed by atoms with Gasteiger partial charge in [-0.2, -0.15) is 0 Å². The van der Waals surface area contributed by atoms with E-state index < -0.39 is 11.2 Å². The van der Waals surface area contributed by atoms with E-state index in [-0.39, 0.29) is 13.2 Å². The second kappa shape index (κ2) is 11.1. The Balaban J connectivity index is 2.21. The van der Waals surface area contributed by atoms with E-state index in [4.69, 9.17) is 4.74 Å². The summed E-state index contributed by atoms with van der Waals surface area (Å²) in [5, 5.41) is 22.1. The molecule has 0 aliphatic rings. The van der Waals surface area contributed by atoms with E-state index in [1.54, 1.807) is 11.8 Å². The molecule has 1 atom stereocenters. The zero-order valence-corrected chi connectivity index (χ0v) is 14.3. The predicted molar refractivity (Wildman–Crippen MR) is 89.4 cm³/mol. The Morgan fingerprint density at radius 1 is 1.35 bits per heavy atom. The van der Waals surface area contributed by atoms with Crippen molar-refractivity contribution < 1.29 is 19.8 Å². The van der Waals surface area contributed by atoms with Gasteiger partial charge in [0.1, 0.15) is 18.5 Å². The van der Waals surface area contributed by atoms with Gasteiger partial charge >= 0.3 is 0 Å². The van der Waals surface area contributed by atoms with E-state index in [9.17, 15) is 15.2 Å². The van der Waals surface area contributed by atoms with Gasteiger partial charge in [-0.25, -0.2) is 0 Å². The highest BCUT2D eigenvalue weighted by Crippen LogP contribution is 2.22. The van der Waals surface area contributed by atoms with E-state index in [2.05, 4.69) is 10.2 Å². The first-order valence-corrected chi connectivity index (χ1v) is 8.50. The number of aliphatic hydroxyl groups is 1. The van der Waals surface area contributed by atoms with Crippen molar-refractivity contribution in [1.29, 1.82) is 0 Å². The van der Waals surface area contributed by atoms with Crippen molar-refractivity contribution >= 4 is 11.8 Å². The molecule has 8 heteroatoms. The summed E-state index contributed by atoms with van der Waals surface area (Å²) in [6.07, 6.45) is 0.0620. The molecule has 0 saturated carbocycles. The molecule has 130 valence electrons. The quantitative estimate of drug-likeness (QED) is 0.259. The van der Waals surface area contributed by atoms with Crippen LogP contribution in [0.25, 0.3) is 0 Å². The molecular weight excluding hydrogens is 320 g/mol. The van der Waals surface area contributed by atoms with Crippen LogP contribution in [0.5, 0.6) is 5.75 Å². The summed E-state index contributed by atoms with van der Waals surface area (Å²) in [5.74, 6) is 1.45. The minimum atomic E-state index is -0.776. The lowest BCUT2D eigenvalue weighted by molar-refractivity contribution is -0.757. The molecule has 1 unspecified atom stereocenters. The molecule has 1 aromatic rings. The highest BCUT2D eigenvalue weighted by atomic mass is 32.2. The van der Waals surface area contributed by atoms with Crippen LogP contribution in [0.2, 0.25) is 0 Å². The molecule has 0 radical (unpaired) electrons. The maximum absolute atomic E-state index is 9.99. The van der Waals surface area contributed by atoms with Crippen LogP contribution in [-0.4, -0.2) is 47.9 Å². The third kappa shape index (κ3) is 9.98. The molecule has 0 amide bonds. The van der Waals surface area contributed by atoms with Gasteiger partial charge in [-0.3, -0.25) is 0 Å². The average molecular weight is 344 g/mol. The molecule has 0 spiro atoms. The van der Waals surface area contributed by atoms with Crippen molar-refractivity contribution in [3.63, 3.8) is 0 Å². The van der Waals surface area contributed by atoms with Gasteiger partial charge in [-0.1, -0.05) is 13.8 Å². The molecule has 0 aliphatic heterocycles. The van der Waals surface area contributed by atoms with Crippen molar-refractivity contribution in [2.24, 2.45) is 0 Å². The molecule has 0 aromatic heterocycles. The molecule has 23 heavy (non-hydrogen) atoms. The third-order valence-corrected chi connectivity index (χ3v) is 3.88. The smallest absolute Gasteiger partial charge is 0.294 e. The van der Waals surface area contributed by atoms with Crippen molar-refractivity contribution in [2.45, 2.75) is 37.3 Å². The van der Waals surface area contributed by atoms with Crippen LogP contribution < -0.4 is 10.1 Å². The van der Waals surface area contributed by atoms with Crippen LogP contribution in [0.15, 0.2) is 29.2 Å². The van der Waals surface area contributed by atoms with E-state index in [0.29, 0.717) is 24.8 Å². The summed E-state index contributed by atoms with van der Waals surface area (Å²) in [6, 6.07) is 7.87.